The van der Waals surface area contributed by atoms with Crippen molar-refractivity contribution in [1.29, 1.82) is 0 Å². The summed E-state index contributed by atoms with van der Waals surface area (Å²) in [5, 5.41) is 6.96. The summed E-state index contributed by atoms with van der Waals surface area (Å²) in [6, 6.07) is 1.31. The number of esters is 1. The second kappa shape index (κ2) is 8.68. The van der Waals surface area contributed by atoms with Gasteiger partial charge in [-0.2, -0.15) is 16.9 Å². The van der Waals surface area contributed by atoms with Crippen molar-refractivity contribution in [3.63, 3.8) is 0 Å². The molecule has 1 atom stereocenters. The number of thioether (sulfide) groups is 1. The average Bonchev–Trinajstić information content (AvgIpc) is 2.90. The van der Waals surface area contributed by atoms with Gasteiger partial charge in [0.2, 0.25) is 5.91 Å². The zero-order chi connectivity index (χ0) is 15.8. The van der Waals surface area contributed by atoms with Gasteiger partial charge in [-0.25, -0.2) is 4.68 Å². The fourth-order valence-corrected chi connectivity index (χ4v) is 2.47. The minimum Gasteiger partial charge on any atom is -0.468 e. The van der Waals surface area contributed by atoms with E-state index in [1.54, 1.807) is 16.9 Å². The van der Waals surface area contributed by atoms with E-state index in [0.717, 1.165) is 0 Å². The molecule has 7 nitrogen and oxygen atoms in total. The Bertz CT molecular complexity index is 476. The molecule has 0 spiro atoms. The lowest BCUT2D eigenvalue weighted by atomic mass is 10.2. The van der Waals surface area contributed by atoms with Gasteiger partial charge >= 0.3 is 5.97 Å². The number of anilines is 1. The van der Waals surface area contributed by atoms with E-state index in [9.17, 15) is 9.59 Å². The second-order valence-electron chi connectivity index (χ2n) is 4.77. The van der Waals surface area contributed by atoms with E-state index in [-0.39, 0.29) is 11.9 Å². The largest absolute Gasteiger partial charge is 0.468 e. The van der Waals surface area contributed by atoms with Crippen molar-refractivity contribution in [3.05, 3.63) is 12.3 Å². The van der Waals surface area contributed by atoms with Crippen LogP contribution in [-0.2, 0) is 14.3 Å². The summed E-state index contributed by atoms with van der Waals surface area (Å²) >= 11 is 1.42. The van der Waals surface area contributed by atoms with E-state index in [2.05, 4.69) is 15.2 Å². The first-order valence-electron chi connectivity index (χ1n) is 6.70. The number of carbonyl (C=O) groups excluding carboxylic acids is 2. The number of nitrogens with two attached hydrogens (primary N) is 1. The van der Waals surface area contributed by atoms with Gasteiger partial charge in [-0.1, -0.05) is 0 Å². The number of carbonyl (C=O) groups is 2. The van der Waals surface area contributed by atoms with E-state index in [4.69, 9.17) is 5.73 Å². The highest BCUT2D eigenvalue weighted by atomic mass is 32.2. The molecule has 118 valence electrons. The van der Waals surface area contributed by atoms with E-state index in [0.29, 0.717) is 23.7 Å². The molecule has 0 radical (unpaired) electrons. The van der Waals surface area contributed by atoms with Crippen molar-refractivity contribution in [2.45, 2.75) is 32.4 Å². The summed E-state index contributed by atoms with van der Waals surface area (Å²) in [5.41, 5.74) is 5.61. The van der Waals surface area contributed by atoms with Gasteiger partial charge in [0.15, 0.2) is 0 Å². The van der Waals surface area contributed by atoms with Gasteiger partial charge in [0.25, 0.3) is 0 Å². The van der Waals surface area contributed by atoms with Crippen LogP contribution in [0.15, 0.2) is 12.3 Å². The Kier molecular flexibility index (Phi) is 7.24. The van der Waals surface area contributed by atoms with Crippen molar-refractivity contribution < 1.29 is 14.3 Å². The number of rotatable bonds is 8. The average molecular weight is 314 g/mol. The summed E-state index contributed by atoms with van der Waals surface area (Å²) in [7, 11) is 1.31. The number of hydrogen-bond donors (Lipinski definition) is 2. The summed E-state index contributed by atoms with van der Waals surface area (Å²) in [4.78, 5) is 22.9. The molecule has 0 saturated heterocycles. The first kappa shape index (κ1) is 17.5. The van der Waals surface area contributed by atoms with Crippen molar-refractivity contribution in [1.82, 2.24) is 9.78 Å². The van der Waals surface area contributed by atoms with Crippen molar-refractivity contribution >= 4 is 29.5 Å². The number of nitrogens with one attached hydrogen (secondary N) is 1. The Morgan fingerprint density at radius 1 is 1.52 bits per heavy atom. The van der Waals surface area contributed by atoms with Crippen LogP contribution in [0.3, 0.4) is 0 Å². The highest BCUT2D eigenvalue weighted by Crippen LogP contribution is 2.13. The Morgan fingerprint density at radius 2 is 2.24 bits per heavy atom. The Balaban J connectivity index is 2.29. The minimum absolute atomic E-state index is 0.103. The Morgan fingerprint density at radius 3 is 2.86 bits per heavy atom. The topological polar surface area (TPSA) is 99.2 Å². The van der Waals surface area contributed by atoms with Gasteiger partial charge in [0.05, 0.1) is 19.1 Å². The molecule has 21 heavy (non-hydrogen) atoms. The number of hydrogen-bond acceptors (Lipinski definition) is 6. The molecule has 1 heterocycles. The van der Waals surface area contributed by atoms with Crippen LogP contribution in [0, 0.1) is 0 Å². The van der Waals surface area contributed by atoms with Crippen molar-refractivity contribution in [2.24, 2.45) is 5.73 Å². The quantitative estimate of drug-likeness (QED) is 0.549. The van der Waals surface area contributed by atoms with Crippen LogP contribution in [0.25, 0.3) is 0 Å². The smallest absolute Gasteiger partial charge is 0.322 e. The van der Waals surface area contributed by atoms with Crippen LogP contribution < -0.4 is 11.1 Å². The molecule has 0 aliphatic heterocycles. The van der Waals surface area contributed by atoms with Crippen molar-refractivity contribution in [3.8, 4) is 0 Å². The number of aromatic nitrogens is 2. The van der Waals surface area contributed by atoms with E-state index in [1.165, 1.54) is 18.9 Å². The molecule has 8 heteroatoms. The zero-order valence-electron chi connectivity index (χ0n) is 12.5. The third kappa shape index (κ3) is 5.76. The maximum atomic E-state index is 11.8. The molecule has 0 fully saturated rings. The fourth-order valence-electron chi connectivity index (χ4n) is 1.65. The normalized spacial score (nSPS) is 12.2. The molecule has 1 rings (SSSR count). The molecule has 0 bridgehead atoms. The molecule has 0 saturated carbocycles. The Labute approximate surface area is 128 Å². The third-order valence-electron chi connectivity index (χ3n) is 2.74. The van der Waals surface area contributed by atoms with E-state index >= 15 is 0 Å². The standard InChI is InChI=1S/C13H22N4O3S/c1-9(2)17-11(4-6-15-17)16-12(18)8-21-7-5-10(14)13(19)20-3/h4,6,9-10H,5,7-8,14H2,1-3H3,(H,16,18). The molecular formula is C13H22N4O3S. The monoisotopic (exact) mass is 314 g/mol. The molecule has 3 N–H and O–H groups in total. The van der Waals surface area contributed by atoms with Gasteiger partial charge in [0.1, 0.15) is 11.9 Å². The maximum Gasteiger partial charge on any atom is 0.322 e. The van der Waals surface area contributed by atoms with Gasteiger partial charge in [-0.15, -0.1) is 0 Å². The van der Waals surface area contributed by atoms with E-state index < -0.39 is 12.0 Å². The maximum absolute atomic E-state index is 11.8. The zero-order valence-corrected chi connectivity index (χ0v) is 13.4. The number of methoxy groups -OCH3 is 1. The molecule has 1 amide bonds. The molecule has 0 aromatic carbocycles. The first-order valence-corrected chi connectivity index (χ1v) is 7.85. The van der Waals surface area contributed by atoms with Crippen LogP contribution in [0.5, 0.6) is 0 Å². The van der Waals surface area contributed by atoms with Crippen LogP contribution in [0.4, 0.5) is 5.82 Å². The molecule has 1 aromatic rings. The molecular weight excluding hydrogens is 292 g/mol. The predicted octanol–water partition coefficient (Wildman–Crippen LogP) is 1.03. The minimum atomic E-state index is -0.632. The number of amides is 1. The lowest BCUT2D eigenvalue weighted by Gasteiger charge is -2.12. The van der Waals surface area contributed by atoms with Crippen LogP contribution >= 0.6 is 11.8 Å². The van der Waals surface area contributed by atoms with Crippen LogP contribution in [-0.4, -0.2) is 46.3 Å². The fraction of sp³-hybridized carbons (Fsp3) is 0.615. The first-order chi connectivity index (χ1) is 9.95. The van der Waals surface area contributed by atoms with Crippen LogP contribution in [0.1, 0.15) is 26.3 Å². The third-order valence-corrected chi connectivity index (χ3v) is 3.73. The lowest BCUT2D eigenvalue weighted by Crippen LogP contribution is -2.32. The van der Waals surface area contributed by atoms with E-state index in [1.807, 2.05) is 13.8 Å². The predicted molar refractivity (Wildman–Crippen MR) is 83.2 cm³/mol. The van der Waals surface area contributed by atoms with Crippen LogP contribution in [0.2, 0.25) is 0 Å². The summed E-state index contributed by atoms with van der Waals surface area (Å²) in [5.74, 6) is 1.07. The molecule has 0 aliphatic carbocycles. The highest BCUT2D eigenvalue weighted by molar-refractivity contribution is 7.99. The second-order valence-corrected chi connectivity index (χ2v) is 5.88. The SMILES string of the molecule is COC(=O)C(N)CCSCC(=O)Nc1ccnn1C(C)C. The summed E-state index contributed by atoms with van der Waals surface area (Å²) < 4.78 is 6.28. The molecule has 1 unspecified atom stereocenters. The van der Waals surface area contributed by atoms with Crippen molar-refractivity contribution in [2.75, 3.05) is 23.9 Å². The lowest BCUT2D eigenvalue weighted by molar-refractivity contribution is -0.142. The summed E-state index contributed by atoms with van der Waals surface area (Å²) in [6.07, 6.45) is 2.13. The van der Waals surface area contributed by atoms with Gasteiger partial charge in [0, 0.05) is 12.1 Å². The number of ether oxygens (including phenoxy) is 1. The highest BCUT2D eigenvalue weighted by Gasteiger charge is 2.14. The molecule has 0 aliphatic rings. The molecule has 1 aromatic heterocycles. The van der Waals surface area contributed by atoms with Gasteiger partial charge in [-0.3, -0.25) is 9.59 Å². The number of nitrogens with zero attached hydrogens (tertiary/aromatic N) is 2. The Hall–Kier alpha value is -1.54. The summed E-state index contributed by atoms with van der Waals surface area (Å²) in [6.45, 7) is 3.98. The van der Waals surface area contributed by atoms with Gasteiger partial charge < -0.3 is 15.8 Å². The van der Waals surface area contributed by atoms with Gasteiger partial charge in [-0.05, 0) is 26.0 Å².